The molecule has 0 spiro atoms. The number of benzene rings is 1. The summed E-state index contributed by atoms with van der Waals surface area (Å²) in [6.07, 6.45) is 3.43. The van der Waals surface area contributed by atoms with Crippen molar-refractivity contribution in [3.63, 3.8) is 0 Å². The van der Waals surface area contributed by atoms with Crippen LogP contribution in [0, 0.1) is 11.7 Å². The van der Waals surface area contributed by atoms with Gasteiger partial charge in [0.25, 0.3) is 0 Å². The Balaban J connectivity index is 1.76. The van der Waals surface area contributed by atoms with Crippen LogP contribution >= 0.6 is 0 Å². The van der Waals surface area contributed by atoms with Crippen LogP contribution < -0.4 is 10.1 Å². The van der Waals surface area contributed by atoms with Crippen molar-refractivity contribution in [1.82, 2.24) is 20.5 Å². The van der Waals surface area contributed by atoms with Crippen LogP contribution in [0.25, 0.3) is 22.2 Å². The van der Waals surface area contributed by atoms with Gasteiger partial charge in [0.1, 0.15) is 12.2 Å². The SMILES string of the molecule is CC(C)CC(C)(COc1ccc(-c2ccnc3[nH]ncc23)cc1F)NC(=O)OC(C)(C)C. The second kappa shape index (κ2) is 9.14. The maximum absolute atomic E-state index is 14.9. The molecule has 32 heavy (non-hydrogen) atoms. The van der Waals surface area contributed by atoms with Crippen molar-refractivity contribution < 1.29 is 18.7 Å². The zero-order chi connectivity index (χ0) is 23.5. The minimum absolute atomic E-state index is 0.0991. The van der Waals surface area contributed by atoms with Gasteiger partial charge in [0.15, 0.2) is 17.2 Å². The topological polar surface area (TPSA) is 89.1 Å². The molecule has 8 heteroatoms. The number of aromatic amines is 1. The van der Waals surface area contributed by atoms with Crippen molar-refractivity contribution >= 4 is 17.1 Å². The molecule has 1 atom stereocenters. The van der Waals surface area contributed by atoms with Gasteiger partial charge in [-0.05, 0) is 69.4 Å². The number of H-pyrrole nitrogens is 1. The molecule has 0 radical (unpaired) electrons. The van der Waals surface area contributed by atoms with Crippen molar-refractivity contribution in [2.45, 2.75) is 59.1 Å². The Morgan fingerprint density at radius 1 is 1.22 bits per heavy atom. The van der Waals surface area contributed by atoms with Crippen LogP contribution in [-0.4, -0.2) is 39.0 Å². The fourth-order valence-electron chi connectivity index (χ4n) is 3.72. The van der Waals surface area contributed by atoms with Crippen LogP contribution in [0.5, 0.6) is 5.75 Å². The largest absolute Gasteiger partial charge is 0.488 e. The molecule has 0 aliphatic carbocycles. The smallest absolute Gasteiger partial charge is 0.408 e. The fourth-order valence-corrected chi connectivity index (χ4v) is 3.72. The lowest BCUT2D eigenvalue weighted by molar-refractivity contribution is 0.0406. The maximum Gasteiger partial charge on any atom is 0.408 e. The number of nitrogens with zero attached hydrogens (tertiary/aromatic N) is 2. The van der Waals surface area contributed by atoms with E-state index in [2.05, 4.69) is 34.3 Å². The van der Waals surface area contributed by atoms with E-state index in [0.717, 1.165) is 10.9 Å². The number of amides is 1. The first-order valence-electron chi connectivity index (χ1n) is 10.7. The quantitative estimate of drug-likeness (QED) is 0.506. The summed E-state index contributed by atoms with van der Waals surface area (Å²) in [5, 5.41) is 10.5. The highest BCUT2D eigenvalue weighted by Gasteiger charge is 2.31. The molecule has 0 aliphatic rings. The van der Waals surface area contributed by atoms with Gasteiger partial charge in [-0.15, -0.1) is 0 Å². The molecule has 7 nitrogen and oxygen atoms in total. The Bertz CT molecular complexity index is 1090. The Hall–Kier alpha value is -3.16. The van der Waals surface area contributed by atoms with E-state index >= 15 is 0 Å². The molecular weight excluding hydrogens is 411 g/mol. The highest BCUT2D eigenvalue weighted by molar-refractivity contribution is 5.92. The summed E-state index contributed by atoms with van der Waals surface area (Å²) in [7, 11) is 0. The predicted molar refractivity (Wildman–Crippen MR) is 122 cm³/mol. The molecule has 2 aromatic heterocycles. The minimum Gasteiger partial charge on any atom is -0.488 e. The van der Waals surface area contributed by atoms with E-state index < -0.39 is 23.1 Å². The zero-order valence-electron chi connectivity index (χ0n) is 19.5. The first kappa shape index (κ1) is 23.5. The number of hydrogen-bond acceptors (Lipinski definition) is 5. The number of aromatic nitrogens is 3. The number of hydrogen-bond donors (Lipinski definition) is 2. The third kappa shape index (κ3) is 5.96. The van der Waals surface area contributed by atoms with E-state index in [9.17, 15) is 9.18 Å². The molecule has 3 rings (SSSR count). The first-order valence-corrected chi connectivity index (χ1v) is 10.7. The number of pyridine rings is 1. The number of ether oxygens (including phenoxy) is 2. The lowest BCUT2D eigenvalue weighted by Crippen LogP contribution is -2.52. The van der Waals surface area contributed by atoms with Crippen LogP contribution in [-0.2, 0) is 4.74 Å². The average Bonchev–Trinajstić information content (AvgIpc) is 3.13. The minimum atomic E-state index is -0.727. The number of carbonyl (C=O) groups is 1. The van der Waals surface area contributed by atoms with Gasteiger partial charge in [-0.3, -0.25) is 5.10 Å². The van der Waals surface area contributed by atoms with Crippen molar-refractivity contribution in [2.24, 2.45) is 5.92 Å². The van der Waals surface area contributed by atoms with E-state index in [4.69, 9.17) is 9.47 Å². The summed E-state index contributed by atoms with van der Waals surface area (Å²) >= 11 is 0. The lowest BCUT2D eigenvalue weighted by Gasteiger charge is -2.33. The van der Waals surface area contributed by atoms with Crippen LogP contribution in [0.1, 0.15) is 48.0 Å². The second-order valence-corrected chi connectivity index (χ2v) is 9.71. The Morgan fingerprint density at radius 3 is 2.62 bits per heavy atom. The van der Waals surface area contributed by atoms with E-state index in [1.807, 2.05) is 13.0 Å². The van der Waals surface area contributed by atoms with Crippen LogP contribution in [0.15, 0.2) is 36.7 Å². The first-order chi connectivity index (χ1) is 15.0. The average molecular weight is 443 g/mol. The van der Waals surface area contributed by atoms with E-state index in [-0.39, 0.29) is 18.3 Å². The summed E-state index contributed by atoms with van der Waals surface area (Å²) < 4.78 is 26.1. The molecular formula is C24H31FN4O3. The number of halogens is 1. The third-order valence-corrected chi connectivity index (χ3v) is 4.80. The van der Waals surface area contributed by atoms with Gasteiger partial charge in [0.2, 0.25) is 0 Å². The molecule has 0 aliphatic heterocycles. The summed E-state index contributed by atoms with van der Waals surface area (Å²) in [5.41, 5.74) is 0.820. The van der Waals surface area contributed by atoms with Crippen LogP contribution in [0.2, 0.25) is 0 Å². The highest BCUT2D eigenvalue weighted by atomic mass is 19.1. The molecule has 172 valence electrons. The fraction of sp³-hybridized carbons (Fsp3) is 0.458. The highest BCUT2D eigenvalue weighted by Crippen LogP contribution is 2.30. The van der Waals surface area contributed by atoms with Gasteiger partial charge in [-0.2, -0.15) is 5.10 Å². The Labute approximate surface area is 187 Å². The molecule has 2 N–H and O–H groups in total. The van der Waals surface area contributed by atoms with Gasteiger partial charge in [0.05, 0.1) is 11.7 Å². The van der Waals surface area contributed by atoms with Gasteiger partial charge < -0.3 is 14.8 Å². The number of alkyl carbamates (subject to hydrolysis) is 1. The van der Waals surface area contributed by atoms with Crippen molar-refractivity contribution in [2.75, 3.05) is 6.61 Å². The Morgan fingerprint density at radius 2 is 1.97 bits per heavy atom. The van der Waals surface area contributed by atoms with Crippen molar-refractivity contribution in [1.29, 1.82) is 0 Å². The van der Waals surface area contributed by atoms with E-state index in [1.54, 1.807) is 45.3 Å². The summed E-state index contributed by atoms with van der Waals surface area (Å²) in [6, 6.07) is 6.64. The molecule has 0 saturated carbocycles. The Kier molecular flexibility index (Phi) is 6.71. The number of nitrogens with one attached hydrogen (secondary N) is 2. The molecule has 1 unspecified atom stereocenters. The van der Waals surface area contributed by atoms with Crippen molar-refractivity contribution in [3.8, 4) is 16.9 Å². The summed E-state index contributed by atoms with van der Waals surface area (Å²) in [5.74, 6) is -0.0813. The standard InChI is InChI=1S/C24H31FN4O3/c1-15(2)12-24(6,28-22(30)32-23(3,4)5)14-31-20-8-7-16(11-19(20)25)17-9-10-26-21-18(17)13-27-29-21/h7-11,13,15H,12,14H2,1-6H3,(H,28,30)(H,26,27,29). The van der Waals surface area contributed by atoms with Crippen molar-refractivity contribution in [3.05, 3.63) is 42.5 Å². The number of rotatable bonds is 7. The zero-order valence-corrected chi connectivity index (χ0v) is 19.5. The second-order valence-electron chi connectivity index (χ2n) is 9.71. The van der Waals surface area contributed by atoms with Crippen LogP contribution in [0.4, 0.5) is 9.18 Å². The third-order valence-electron chi connectivity index (χ3n) is 4.80. The van der Waals surface area contributed by atoms with Crippen LogP contribution in [0.3, 0.4) is 0 Å². The van der Waals surface area contributed by atoms with Gasteiger partial charge in [0, 0.05) is 11.6 Å². The predicted octanol–water partition coefficient (Wildman–Crippen LogP) is 5.47. The molecule has 1 aromatic carbocycles. The molecule has 0 saturated heterocycles. The van der Waals surface area contributed by atoms with Gasteiger partial charge in [-0.1, -0.05) is 19.9 Å². The van der Waals surface area contributed by atoms with Gasteiger partial charge >= 0.3 is 6.09 Å². The van der Waals surface area contributed by atoms with Gasteiger partial charge in [-0.25, -0.2) is 14.2 Å². The summed E-state index contributed by atoms with van der Waals surface area (Å²) in [6.45, 7) is 11.5. The monoisotopic (exact) mass is 442 g/mol. The molecule has 2 heterocycles. The van der Waals surface area contributed by atoms with E-state index in [1.165, 1.54) is 6.07 Å². The number of carbonyl (C=O) groups excluding carboxylic acids is 1. The lowest BCUT2D eigenvalue weighted by atomic mass is 9.91. The molecule has 0 bridgehead atoms. The normalized spacial score (nSPS) is 13.8. The summed E-state index contributed by atoms with van der Waals surface area (Å²) in [4.78, 5) is 16.6. The molecule has 1 amide bonds. The molecule has 3 aromatic rings. The maximum atomic E-state index is 14.9. The van der Waals surface area contributed by atoms with E-state index in [0.29, 0.717) is 17.6 Å². The molecule has 0 fully saturated rings. The number of fused-ring (bicyclic) bond motifs is 1.